The van der Waals surface area contributed by atoms with E-state index in [0.717, 1.165) is 6.42 Å². The van der Waals surface area contributed by atoms with Crippen molar-refractivity contribution in [1.29, 1.82) is 0 Å². The van der Waals surface area contributed by atoms with Crippen molar-refractivity contribution >= 4 is 30.8 Å². The maximum absolute atomic E-state index is 10.3. The monoisotopic (exact) mass is 168 g/mol. The molecule has 0 unspecified atom stereocenters. The van der Waals surface area contributed by atoms with Gasteiger partial charge in [-0.05, 0) is 6.42 Å². The van der Waals surface area contributed by atoms with Gasteiger partial charge in [0.1, 0.15) is 0 Å². The number of hydrogen-bond acceptors (Lipinski definition) is 2. The molecule has 0 aliphatic carbocycles. The fourth-order valence-corrected chi connectivity index (χ4v) is 0.761. The minimum absolute atomic E-state index is 0. The van der Waals surface area contributed by atoms with Crippen molar-refractivity contribution in [1.82, 2.24) is 0 Å². The number of carbonyl (C=O) groups is 2. The van der Waals surface area contributed by atoms with Crippen LogP contribution in [0.15, 0.2) is 0 Å². The first-order chi connectivity index (χ1) is 5.09. The fourth-order valence-electron chi connectivity index (χ4n) is 0.761. The zero-order chi connectivity index (χ0) is 8.85. The molecule has 4 nitrogen and oxygen atoms in total. The van der Waals surface area contributed by atoms with Crippen LogP contribution in [0.2, 0.25) is 0 Å². The Morgan fingerprint density at radius 2 is 1.67 bits per heavy atom. The molecule has 0 aliphatic heterocycles. The number of rotatable bonds is 5. The zero-order valence-electron chi connectivity index (χ0n) is 6.41. The molecule has 5 heteroatoms. The van der Waals surface area contributed by atoms with E-state index in [1.54, 1.807) is 0 Å². The van der Waals surface area contributed by atoms with Crippen LogP contribution in [-0.2, 0) is 9.59 Å². The zero-order valence-corrected chi connectivity index (χ0v) is 6.41. The van der Waals surface area contributed by atoms with Gasteiger partial charge in [-0.2, -0.15) is 0 Å². The Morgan fingerprint density at radius 1 is 1.25 bits per heavy atom. The molecule has 0 fully saturated rings. The average molecular weight is 168 g/mol. The van der Waals surface area contributed by atoms with E-state index in [2.05, 4.69) is 0 Å². The Bertz CT molecular complexity index is 143. The van der Waals surface area contributed by atoms with E-state index < -0.39 is 17.9 Å². The van der Waals surface area contributed by atoms with Crippen LogP contribution in [0.5, 0.6) is 0 Å². The molecule has 0 saturated carbocycles. The second-order valence-corrected chi connectivity index (χ2v) is 2.37. The van der Waals surface area contributed by atoms with Crippen molar-refractivity contribution in [3.8, 4) is 0 Å². The molecule has 0 saturated heterocycles. The summed E-state index contributed by atoms with van der Waals surface area (Å²) < 4.78 is 0. The van der Waals surface area contributed by atoms with Gasteiger partial charge in [-0.15, -0.1) is 0 Å². The molecule has 0 radical (unpaired) electrons. The molecule has 12 heavy (non-hydrogen) atoms. The molecular weight excluding hydrogens is 155 g/mol. The molecule has 0 aromatic rings. The van der Waals surface area contributed by atoms with E-state index in [0.29, 0.717) is 6.42 Å². The first kappa shape index (κ1) is 14.1. The Labute approximate surface area is 83.1 Å². The summed E-state index contributed by atoms with van der Waals surface area (Å²) >= 11 is 0. The van der Waals surface area contributed by atoms with Gasteiger partial charge in [-0.1, -0.05) is 19.8 Å². The summed E-state index contributed by atoms with van der Waals surface area (Å²) in [5.74, 6) is -3.72. The molecule has 0 bridgehead atoms. The summed E-state index contributed by atoms with van der Waals surface area (Å²) in [4.78, 5) is 20.5. The van der Waals surface area contributed by atoms with E-state index >= 15 is 0 Å². The number of unbranched alkanes of at least 4 members (excludes halogenated alkanes) is 1. The summed E-state index contributed by atoms with van der Waals surface area (Å²) in [7, 11) is 0. The molecule has 0 aromatic carbocycles. The van der Waals surface area contributed by atoms with Gasteiger partial charge in [-0.25, -0.2) is 0 Å². The number of aliphatic carboxylic acids is 2. The summed E-state index contributed by atoms with van der Waals surface area (Å²) in [6.07, 6.45) is 1.68. The second-order valence-electron chi connectivity index (χ2n) is 2.37. The van der Waals surface area contributed by atoms with Crippen LogP contribution in [-0.4, -0.2) is 41.0 Å². The third kappa shape index (κ3) is 5.22. The van der Waals surface area contributed by atoms with Crippen LogP contribution < -0.4 is 0 Å². The molecule has 0 atom stereocenters. The van der Waals surface area contributed by atoms with Crippen molar-refractivity contribution in [2.24, 2.45) is 5.92 Å². The topological polar surface area (TPSA) is 74.6 Å². The van der Waals surface area contributed by atoms with Crippen LogP contribution in [0.4, 0.5) is 0 Å². The third-order valence-electron chi connectivity index (χ3n) is 1.44. The summed E-state index contributed by atoms with van der Waals surface area (Å²) in [5, 5.41) is 16.8. The molecule has 0 amide bonds. The maximum atomic E-state index is 10.3. The second kappa shape index (κ2) is 7.20. The van der Waals surface area contributed by atoms with Crippen molar-refractivity contribution < 1.29 is 19.8 Å². The Morgan fingerprint density at radius 3 is 1.92 bits per heavy atom. The predicted octanol–water partition coefficient (Wildman–Crippen LogP) is 0.313. The molecule has 2 N–H and O–H groups in total. The third-order valence-corrected chi connectivity index (χ3v) is 1.44. The summed E-state index contributed by atoms with van der Waals surface area (Å²) in [6.45, 7) is 1.89. The van der Waals surface area contributed by atoms with Gasteiger partial charge in [0.2, 0.25) is 0 Å². The van der Waals surface area contributed by atoms with Crippen LogP contribution in [0.1, 0.15) is 26.2 Å². The minimum atomic E-state index is -1.24. The Hall–Kier alpha value is -0.463. The molecule has 0 aliphatic rings. The fraction of sp³-hybridized carbons (Fsp3) is 0.714. The van der Waals surface area contributed by atoms with Gasteiger partial charge in [0.05, 0.1) is 0 Å². The standard InChI is InChI=1S/C7H12O4.Li.H/c1-2-3-4-5(6(8)9)7(10)11;;/h5H,2-4H2,1H3,(H,8,9)(H,10,11);;. The molecular formula is C7H13LiO4. The molecule has 0 aromatic heterocycles. The van der Waals surface area contributed by atoms with Crippen LogP contribution in [0.25, 0.3) is 0 Å². The van der Waals surface area contributed by atoms with E-state index in [4.69, 9.17) is 10.2 Å². The Kier molecular flexibility index (Phi) is 8.45. The number of carboxylic acids is 2. The quantitative estimate of drug-likeness (QED) is 0.457. The van der Waals surface area contributed by atoms with E-state index in [-0.39, 0.29) is 25.3 Å². The van der Waals surface area contributed by atoms with Gasteiger partial charge in [0.15, 0.2) is 5.92 Å². The van der Waals surface area contributed by atoms with Crippen molar-refractivity contribution in [2.45, 2.75) is 26.2 Å². The summed E-state index contributed by atoms with van der Waals surface area (Å²) in [5.41, 5.74) is 0. The van der Waals surface area contributed by atoms with Crippen LogP contribution in [0.3, 0.4) is 0 Å². The summed E-state index contributed by atoms with van der Waals surface area (Å²) in [6, 6.07) is 0. The molecule has 0 spiro atoms. The van der Waals surface area contributed by atoms with Gasteiger partial charge in [0, 0.05) is 0 Å². The Balaban J connectivity index is 0. The predicted molar refractivity (Wildman–Crippen MR) is 45.4 cm³/mol. The van der Waals surface area contributed by atoms with Crippen LogP contribution >= 0.6 is 0 Å². The van der Waals surface area contributed by atoms with E-state index in [1.165, 1.54) is 0 Å². The molecule has 66 valence electrons. The van der Waals surface area contributed by atoms with Crippen LogP contribution in [0, 0.1) is 5.92 Å². The number of carboxylic acid groups (broad SMARTS) is 2. The van der Waals surface area contributed by atoms with Crippen molar-refractivity contribution in [3.63, 3.8) is 0 Å². The first-order valence-corrected chi connectivity index (χ1v) is 3.55. The van der Waals surface area contributed by atoms with Crippen molar-refractivity contribution in [2.75, 3.05) is 0 Å². The van der Waals surface area contributed by atoms with Crippen molar-refractivity contribution in [3.05, 3.63) is 0 Å². The molecule has 0 rings (SSSR count). The van der Waals surface area contributed by atoms with Gasteiger partial charge in [0.25, 0.3) is 0 Å². The van der Waals surface area contributed by atoms with E-state index in [9.17, 15) is 9.59 Å². The normalized spacial score (nSPS) is 9.17. The van der Waals surface area contributed by atoms with Gasteiger partial charge >= 0.3 is 30.8 Å². The molecule has 0 heterocycles. The van der Waals surface area contributed by atoms with Gasteiger partial charge in [-0.3, -0.25) is 9.59 Å². The van der Waals surface area contributed by atoms with E-state index in [1.807, 2.05) is 6.92 Å². The number of hydrogen-bond donors (Lipinski definition) is 2. The first-order valence-electron chi connectivity index (χ1n) is 3.55. The van der Waals surface area contributed by atoms with Gasteiger partial charge < -0.3 is 10.2 Å². The average Bonchev–Trinajstić information content (AvgIpc) is 1.87. The SMILES string of the molecule is CCCCC(C(=O)O)C(=O)O.[LiH].